The lowest BCUT2D eigenvalue weighted by atomic mass is 10.1. The van der Waals surface area contributed by atoms with Gasteiger partial charge < -0.3 is 5.21 Å². The maximum atomic E-state index is 11.6. The van der Waals surface area contributed by atoms with Gasteiger partial charge in [0.2, 0.25) is 0 Å². The highest BCUT2D eigenvalue weighted by atomic mass is 16.5. The van der Waals surface area contributed by atoms with Crippen molar-refractivity contribution in [1.82, 2.24) is 0 Å². The second-order valence-electron chi connectivity index (χ2n) is 3.63. The van der Waals surface area contributed by atoms with Crippen molar-refractivity contribution in [2.24, 2.45) is 0 Å². The first kappa shape index (κ1) is 9.71. The second kappa shape index (κ2) is 4.13. The molecule has 0 radical (unpaired) electrons. The van der Waals surface area contributed by atoms with Crippen LogP contribution in [0.3, 0.4) is 0 Å². The molecular formula is C13H13NO. The van der Waals surface area contributed by atoms with Gasteiger partial charge in [-0.3, -0.25) is 0 Å². The van der Waals surface area contributed by atoms with Gasteiger partial charge in [-0.15, -0.1) is 0 Å². The minimum Gasteiger partial charge on any atom is -0.618 e. The fourth-order valence-corrected chi connectivity index (χ4v) is 1.63. The summed E-state index contributed by atoms with van der Waals surface area (Å²) in [5, 5.41) is 11.6. The molecule has 0 amide bonds. The summed E-state index contributed by atoms with van der Waals surface area (Å²) in [7, 11) is 0. The van der Waals surface area contributed by atoms with Gasteiger partial charge in [0, 0.05) is 11.6 Å². The zero-order chi connectivity index (χ0) is 10.7. The number of hydrogen-bond donors (Lipinski definition) is 0. The molecule has 1 heterocycles. The molecule has 1 aromatic heterocycles. The zero-order valence-electron chi connectivity index (χ0n) is 8.68. The molecule has 2 nitrogen and oxygen atoms in total. The highest BCUT2D eigenvalue weighted by molar-refractivity contribution is 5.23. The van der Waals surface area contributed by atoms with Crippen LogP contribution in [0, 0.1) is 12.1 Å². The highest BCUT2D eigenvalue weighted by Crippen LogP contribution is 2.09. The van der Waals surface area contributed by atoms with E-state index >= 15 is 0 Å². The molecule has 0 N–H and O–H groups in total. The molecule has 2 rings (SSSR count). The van der Waals surface area contributed by atoms with Gasteiger partial charge in [0.05, 0.1) is 6.42 Å². The van der Waals surface area contributed by atoms with Crippen LogP contribution in [-0.4, -0.2) is 0 Å². The molecule has 0 spiro atoms. The topological polar surface area (TPSA) is 26.9 Å². The summed E-state index contributed by atoms with van der Waals surface area (Å²) in [6, 6.07) is 13.8. The van der Waals surface area contributed by atoms with Crippen molar-refractivity contribution in [1.29, 1.82) is 0 Å². The van der Waals surface area contributed by atoms with Gasteiger partial charge in [-0.2, -0.15) is 4.73 Å². The van der Waals surface area contributed by atoms with Gasteiger partial charge >= 0.3 is 0 Å². The van der Waals surface area contributed by atoms with Crippen LogP contribution in [0.5, 0.6) is 0 Å². The van der Waals surface area contributed by atoms with Gasteiger partial charge in [-0.25, -0.2) is 0 Å². The molecule has 2 heteroatoms. The van der Waals surface area contributed by atoms with Crippen LogP contribution in [0.2, 0.25) is 0 Å². The first-order valence-corrected chi connectivity index (χ1v) is 4.99. The van der Waals surface area contributed by atoms with E-state index in [0.29, 0.717) is 6.42 Å². The summed E-state index contributed by atoms with van der Waals surface area (Å²) in [4.78, 5) is 0. The van der Waals surface area contributed by atoms with Crippen LogP contribution >= 0.6 is 0 Å². The molecule has 15 heavy (non-hydrogen) atoms. The van der Waals surface area contributed by atoms with E-state index in [9.17, 15) is 5.21 Å². The van der Waals surface area contributed by atoms with Crippen molar-refractivity contribution in [3.63, 3.8) is 0 Å². The van der Waals surface area contributed by atoms with E-state index in [-0.39, 0.29) is 0 Å². The molecule has 1 aromatic carbocycles. The molecule has 0 saturated heterocycles. The molecule has 0 bridgehead atoms. The number of aryl methyl sites for hydroxylation is 1. The third kappa shape index (κ3) is 2.15. The Morgan fingerprint density at radius 3 is 2.47 bits per heavy atom. The predicted molar refractivity (Wildman–Crippen MR) is 59.4 cm³/mol. The van der Waals surface area contributed by atoms with Crippen LogP contribution in [0.1, 0.15) is 16.8 Å². The van der Waals surface area contributed by atoms with E-state index in [1.54, 1.807) is 12.3 Å². The summed E-state index contributed by atoms with van der Waals surface area (Å²) in [5.74, 6) is 0. The maximum absolute atomic E-state index is 11.6. The van der Waals surface area contributed by atoms with Gasteiger partial charge in [0.1, 0.15) is 0 Å². The van der Waals surface area contributed by atoms with Crippen molar-refractivity contribution in [3.05, 3.63) is 70.7 Å². The Morgan fingerprint density at radius 1 is 1.07 bits per heavy atom. The van der Waals surface area contributed by atoms with Gasteiger partial charge in [0.25, 0.3) is 0 Å². The van der Waals surface area contributed by atoms with Crippen LogP contribution in [0.15, 0.2) is 48.7 Å². The summed E-state index contributed by atoms with van der Waals surface area (Å²) < 4.78 is 0.947. The highest BCUT2D eigenvalue weighted by Gasteiger charge is 2.08. The Hall–Kier alpha value is -1.83. The van der Waals surface area contributed by atoms with E-state index in [1.165, 1.54) is 0 Å². The summed E-state index contributed by atoms with van der Waals surface area (Å²) >= 11 is 0. The number of aromatic nitrogens is 1. The van der Waals surface area contributed by atoms with E-state index < -0.39 is 0 Å². The third-order valence-corrected chi connectivity index (χ3v) is 2.50. The SMILES string of the molecule is Cc1ccc[n+]([O-])c1Cc1ccccc1. The summed E-state index contributed by atoms with van der Waals surface area (Å²) in [5.41, 5.74) is 3.02. The lowest BCUT2D eigenvalue weighted by Gasteiger charge is -2.06. The minimum absolute atomic E-state index is 0.691. The first-order valence-electron chi connectivity index (χ1n) is 4.99. The molecule has 0 atom stereocenters. The lowest BCUT2D eigenvalue weighted by Crippen LogP contribution is -2.32. The van der Waals surface area contributed by atoms with Crippen molar-refractivity contribution in [2.45, 2.75) is 13.3 Å². The van der Waals surface area contributed by atoms with E-state index in [1.807, 2.05) is 43.3 Å². The van der Waals surface area contributed by atoms with Crippen LogP contribution in [0.25, 0.3) is 0 Å². The number of benzene rings is 1. The van der Waals surface area contributed by atoms with Crippen LogP contribution in [0.4, 0.5) is 0 Å². The molecule has 0 unspecified atom stereocenters. The maximum Gasteiger partial charge on any atom is 0.200 e. The fraction of sp³-hybridized carbons (Fsp3) is 0.154. The number of hydrogen-bond acceptors (Lipinski definition) is 1. The van der Waals surface area contributed by atoms with E-state index in [4.69, 9.17) is 0 Å². The molecular weight excluding hydrogens is 186 g/mol. The Kier molecular flexibility index (Phi) is 2.68. The monoisotopic (exact) mass is 199 g/mol. The van der Waals surface area contributed by atoms with Crippen LogP contribution in [-0.2, 0) is 6.42 Å². The standard InChI is InChI=1S/C13H13NO/c1-11-6-5-9-14(15)13(11)10-12-7-3-2-4-8-12/h2-9H,10H2,1H3. The van der Waals surface area contributed by atoms with Gasteiger partial charge in [-0.1, -0.05) is 30.3 Å². The Morgan fingerprint density at radius 2 is 1.80 bits per heavy atom. The number of pyridine rings is 1. The van der Waals surface area contributed by atoms with Crippen molar-refractivity contribution in [2.75, 3.05) is 0 Å². The van der Waals surface area contributed by atoms with Crippen molar-refractivity contribution < 1.29 is 4.73 Å². The average molecular weight is 199 g/mol. The Balaban J connectivity index is 2.32. The first-order chi connectivity index (χ1) is 7.27. The normalized spacial score (nSPS) is 10.2. The Labute approximate surface area is 89.4 Å². The third-order valence-electron chi connectivity index (χ3n) is 2.50. The molecule has 76 valence electrons. The average Bonchev–Trinajstić information content (AvgIpc) is 2.25. The van der Waals surface area contributed by atoms with Gasteiger partial charge in [-0.05, 0) is 18.6 Å². The number of rotatable bonds is 2. The minimum atomic E-state index is 0.691. The zero-order valence-corrected chi connectivity index (χ0v) is 8.68. The van der Waals surface area contributed by atoms with Crippen LogP contribution < -0.4 is 4.73 Å². The van der Waals surface area contributed by atoms with E-state index in [2.05, 4.69) is 0 Å². The lowest BCUT2D eigenvalue weighted by molar-refractivity contribution is -0.613. The smallest absolute Gasteiger partial charge is 0.200 e. The van der Waals surface area contributed by atoms with Crippen molar-refractivity contribution >= 4 is 0 Å². The molecule has 0 fully saturated rings. The quantitative estimate of drug-likeness (QED) is 0.538. The van der Waals surface area contributed by atoms with E-state index in [0.717, 1.165) is 21.6 Å². The van der Waals surface area contributed by atoms with Gasteiger partial charge in [0.15, 0.2) is 11.9 Å². The second-order valence-corrected chi connectivity index (χ2v) is 3.63. The molecule has 0 aliphatic carbocycles. The molecule has 0 saturated carbocycles. The molecule has 0 aliphatic heterocycles. The number of nitrogens with zero attached hydrogens (tertiary/aromatic N) is 1. The molecule has 0 aliphatic rings. The fourth-order valence-electron chi connectivity index (χ4n) is 1.63. The molecule has 2 aromatic rings. The largest absolute Gasteiger partial charge is 0.618 e. The summed E-state index contributed by atoms with van der Waals surface area (Å²) in [6.45, 7) is 1.96. The predicted octanol–water partition coefficient (Wildman–Crippen LogP) is 2.22. The van der Waals surface area contributed by atoms with Crippen molar-refractivity contribution in [3.8, 4) is 0 Å². The summed E-state index contributed by atoms with van der Waals surface area (Å²) in [6.07, 6.45) is 2.24. The Bertz CT molecular complexity index is 431.